The molecular weight excluding hydrogens is 380 g/mol. The number of hydrogen-bond acceptors (Lipinski definition) is 5. The number of esters is 1. The van der Waals surface area contributed by atoms with Crippen LogP contribution in [0, 0.1) is 0 Å². The van der Waals surface area contributed by atoms with Crippen LogP contribution in [0.5, 0.6) is 11.5 Å². The molecule has 6 nitrogen and oxygen atoms in total. The lowest BCUT2D eigenvalue weighted by Gasteiger charge is -2.13. The summed E-state index contributed by atoms with van der Waals surface area (Å²) in [7, 11) is 0. The molecule has 1 amide bonds. The largest absolute Gasteiger partial charge is 0.455 e. The number of halogens is 1. The number of anilines is 2. The zero-order valence-electron chi connectivity index (χ0n) is 14.7. The third-order valence-electron chi connectivity index (χ3n) is 3.67. The number of rotatable bonds is 6. The maximum absolute atomic E-state index is 12.2. The Morgan fingerprint density at radius 2 is 1.68 bits per heavy atom. The first-order valence-electron chi connectivity index (χ1n) is 8.36. The molecule has 0 heterocycles. The fraction of sp³-hybridized carbons (Fsp3) is 0.0476. The fourth-order valence-corrected chi connectivity index (χ4v) is 2.50. The van der Waals surface area contributed by atoms with E-state index in [-0.39, 0.29) is 0 Å². The van der Waals surface area contributed by atoms with E-state index in [0.717, 1.165) is 0 Å². The van der Waals surface area contributed by atoms with E-state index in [1.807, 2.05) is 18.2 Å². The minimum atomic E-state index is -0.623. The third-order valence-corrected chi connectivity index (χ3v) is 3.90. The van der Waals surface area contributed by atoms with Gasteiger partial charge in [0.15, 0.2) is 12.4 Å². The van der Waals surface area contributed by atoms with Crippen LogP contribution in [0.2, 0.25) is 5.02 Å². The number of nitrogens with two attached hydrogens (primary N) is 1. The number of nitrogen functional groups attached to an aromatic ring is 1. The Kier molecular flexibility index (Phi) is 6.14. The second kappa shape index (κ2) is 8.92. The molecule has 3 aromatic rings. The van der Waals surface area contributed by atoms with Crippen molar-refractivity contribution in [2.75, 3.05) is 17.7 Å². The number of nitrogens with one attached hydrogen (secondary N) is 1. The summed E-state index contributed by atoms with van der Waals surface area (Å²) in [4.78, 5) is 24.2. The van der Waals surface area contributed by atoms with Crippen molar-refractivity contribution in [2.45, 2.75) is 0 Å². The van der Waals surface area contributed by atoms with Gasteiger partial charge in [-0.15, -0.1) is 0 Å². The van der Waals surface area contributed by atoms with Gasteiger partial charge in [-0.3, -0.25) is 4.79 Å². The second-order valence-corrected chi connectivity index (χ2v) is 6.24. The highest BCUT2D eigenvalue weighted by Gasteiger charge is 2.13. The van der Waals surface area contributed by atoms with E-state index in [9.17, 15) is 9.59 Å². The van der Waals surface area contributed by atoms with Gasteiger partial charge in [0.1, 0.15) is 5.75 Å². The van der Waals surface area contributed by atoms with Gasteiger partial charge in [-0.05, 0) is 54.6 Å². The number of hydrogen-bond donors (Lipinski definition) is 2. The zero-order valence-corrected chi connectivity index (χ0v) is 15.5. The summed E-state index contributed by atoms with van der Waals surface area (Å²) in [6, 6.07) is 20.2. The molecule has 0 spiro atoms. The van der Waals surface area contributed by atoms with E-state index < -0.39 is 18.5 Å². The molecule has 3 rings (SSSR count). The van der Waals surface area contributed by atoms with Crippen molar-refractivity contribution in [1.82, 2.24) is 0 Å². The minimum Gasteiger partial charge on any atom is -0.455 e. The molecule has 0 bridgehead atoms. The lowest BCUT2D eigenvalue weighted by Crippen LogP contribution is -2.21. The van der Waals surface area contributed by atoms with Gasteiger partial charge < -0.3 is 20.5 Å². The molecular formula is C21H17ClN2O4. The third kappa shape index (κ3) is 5.25. The maximum atomic E-state index is 12.2. The molecule has 142 valence electrons. The molecule has 7 heteroatoms. The van der Waals surface area contributed by atoms with Crippen molar-refractivity contribution in [2.24, 2.45) is 0 Å². The molecule has 3 N–H and O–H groups in total. The summed E-state index contributed by atoms with van der Waals surface area (Å²) < 4.78 is 10.8. The topological polar surface area (TPSA) is 90.7 Å². The molecule has 0 fully saturated rings. The molecule has 0 aromatic heterocycles. The molecule has 0 atom stereocenters. The molecule has 0 aliphatic rings. The normalized spacial score (nSPS) is 10.2. The van der Waals surface area contributed by atoms with Crippen LogP contribution in [-0.4, -0.2) is 18.5 Å². The lowest BCUT2D eigenvalue weighted by molar-refractivity contribution is -0.119. The van der Waals surface area contributed by atoms with E-state index in [1.165, 1.54) is 12.1 Å². The van der Waals surface area contributed by atoms with E-state index in [2.05, 4.69) is 5.32 Å². The molecule has 0 unspecified atom stereocenters. The molecule has 3 aromatic carbocycles. The Bertz CT molecular complexity index is 975. The summed E-state index contributed by atoms with van der Waals surface area (Å²) in [5.74, 6) is -0.130. The maximum Gasteiger partial charge on any atom is 0.338 e. The Labute approximate surface area is 166 Å². The van der Waals surface area contributed by atoms with Crippen LogP contribution >= 0.6 is 11.6 Å². The number of benzene rings is 3. The van der Waals surface area contributed by atoms with E-state index in [1.54, 1.807) is 42.5 Å². The van der Waals surface area contributed by atoms with E-state index in [0.29, 0.717) is 33.5 Å². The highest BCUT2D eigenvalue weighted by atomic mass is 35.5. The fourth-order valence-electron chi connectivity index (χ4n) is 2.32. The van der Waals surface area contributed by atoms with Crippen molar-refractivity contribution in [1.29, 1.82) is 0 Å². The van der Waals surface area contributed by atoms with Crippen LogP contribution in [-0.2, 0) is 9.53 Å². The summed E-state index contributed by atoms with van der Waals surface area (Å²) >= 11 is 6.02. The zero-order chi connectivity index (χ0) is 19.9. The Balaban J connectivity index is 1.64. The lowest BCUT2D eigenvalue weighted by atomic mass is 10.2. The van der Waals surface area contributed by atoms with Crippen molar-refractivity contribution in [3.05, 3.63) is 83.4 Å². The van der Waals surface area contributed by atoms with Crippen LogP contribution in [0.4, 0.5) is 11.4 Å². The monoisotopic (exact) mass is 396 g/mol. The highest BCUT2D eigenvalue weighted by molar-refractivity contribution is 6.31. The Morgan fingerprint density at radius 1 is 0.964 bits per heavy atom. The minimum absolute atomic E-state index is 0.304. The van der Waals surface area contributed by atoms with Gasteiger partial charge in [-0.25, -0.2) is 4.79 Å². The molecule has 0 saturated heterocycles. The van der Waals surface area contributed by atoms with Crippen LogP contribution < -0.4 is 15.8 Å². The van der Waals surface area contributed by atoms with E-state index >= 15 is 0 Å². The number of amides is 1. The first-order chi connectivity index (χ1) is 13.5. The molecule has 28 heavy (non-hydrogen) atoms. The molecule has 0 aliphatic heterocycles. The standard InChI is InChI=1S/C21H17ClN2O4/c22-15-8-11-19(28-17-4-2-1-3-5-17)18(12-15)24-20(25)13-27-21(26)14-6-9-16(23)10-7-14/h1-12H,13,23H2,(H,24,25). The average Bonchev–Trinajstić information content (AvgIpc) is 2.69. The van der Waals surface area contributed by atoms with Crippen LogP contribution in [0.3, 0.4) is 0 Å². The van der Waals surface area contributed by atoms with Crippen molar-refractivity contribution in [3.63, 3.8) is 0 Å². The van der Waals surface area contributed by atoms with Crippen LogP contribution in [0.15, 0.2) is 72.8 Å². The summed E-state index contributed by atoms with van der Waals surface area (Å²) in [6.45, 7) is -0.458. The van der Waals surface area contributed by atoms with Gasteiger partial charge in [-0.1, -0.05) is 29.8 Å². The van der Waals surface area contributed by atoms with Crippen molar-refractivity contribution >= 4 is 34.9 Å². The van der Waals surface area contributed by atoms with Crippen LogP contribution in [0.25, 0.3) is 0 Å². The number of para-hydroxylation sites is 1. The highest BCUT2D eigenvalue weighted by Crippen LogP contribution is 2.32. The van der Waals surface area contributed by atoms with Gasteiger partial charge in [0.05, 0.1) is 11.3 Å². The van der Waals surface area contributed by atoms with Gasteiger partial charge in [0, 0.05) is 10.7 Å². The van der Waals surface area contributed by atoms with Gasteiger partial charge >= 0.3 is 5.97 Å². The summed E-state index contributed by atoms with van der Waals surface area (Å²) in [5.41, 5.74) is 6.78. The number of carbonyl (C=O) groups is 2. The van der Waals surface area contributed by atoms with Crippen molar-refractivity contribution in [3.8, 4) is 11.5 Å². The predicted molar refractivity (Wildman–Crippen MR) is 108 cm³/mol. The summed E-state index contributed by atoms with van der Waals surface area (Å²) in [6.07, 6.45) is 0. The Hall–Kier alpha value is -3.51. The SMILES string of the molecule is Nc1ccc(C(=O)OCC(=O)Nc2cc(Cl)ccc2Oc2ccccc2)cc1. The smallest absolute Gasteiger partial charge is 0.338 e. The molecule has 0 radical (unpaired) electrons. The van der Waals surface area contributed by atoms with Gasteiger partial charge in [-0.2, -0.15) is 0 Å². The second-order valence-electron chi connectivity index (χ2n) is 5.80. The summed E-state index contributed by atoms with van der Waals surface area (Å²) in [5, 5.41) is 3.07. The van der Waals surface area contributed by atoms with E-state index in [4.69, 9.17) is 26.8 Å². The average molecular weight is 397 g/mol. The quantitative estimate of drug-likeness (QED) is 0.472. The number of ether oxygens (including phenoxy) is 2. The van der Waals surface area contributed by atoms with Crippen molar-refractivity contribution < 1.29 is 19.1 Å². The first-order valence-corrected chi connectivity index (χ1v) is 8.74. The number of carbonyl (C=O) groups excluding carboxylic acids is 2. The predicted octanol–water partition coefficient (Wildman–Crippen LogP) is 4.51. The Morgan fingerprint density at radius 3 is 2.39 bits per heavy atom. The van der Waals surface area contributed by atoms with Crippen LogP contribution in [0.1, 0.15) is 10.4 Å². The van der Waals surface area contributed by atoms with Gasteiger partial charge in [0.25, 0.3) is 5.91 Å². The molecule has 0 saturated carbocycles. The van der Waals surface area contributed by atoms with Gasteiger partial charge in [0.2, 0.25) is 0 Å². The first kappa shape index (κ1) is 19.3. The molecule has 0 aliphatic carbocycles.